The van der Waals surface area contributed by atoms with E-state index in [1.165, 1.54) is 16.5 Å². The second-order valence-electron chi connectivity index (χ2n) is 13.2. The summed E-state index contributed by atoms with van der Waals surface area (Å²) in [4.78, 5) is 52.9. The Morgan fingerprint density at radius 3 is 2.47 bits per heavy atom. The van der Waals surface area contributed by atoms with Crippen LogP contribution < -0.4 is 20.3 Å². The Bertz CT molecular complexity index is 2010. The minimum Gasteiger partial charge on any atom is -0.494 e. The molecule has 1 atom stereocenters. The number of unbranched alkanes of at least 4 members (excludes halogenated alkanes) is 1. The number of fused-ring (bicyclic) bond motifs is 2. The van der Waals surface area contributed by atoms with Crippen LogP contribution >= 0.6 is 0 Å². The molecule has 2 aromatic heterocycles. The third kappa shape index (κ3) is 7.94. The molecule has 278 valence electrons. The lowest BCUT2D eigenvalue weighted by molar-refractivity contribution is -0.146. The zero-order valence-electron chi connectivity index (χ0n) is 28.6. The molecule has 7 rings (SSSR count). The van der Waals surface area contributed by atoms with Crippen molar-refractivity contribution in [3.05, 3.63) is 77.1 Å². The molecule has 2 saturated heterocycles. The van der Waals surface area contributed by atoms with Crippen molar-refractivity contribution >= 4 is 40.8 Å². The largest absolute Gasteiger partial charge is 0.494 e. The van der Waals surface area contributed by atoms with Crippen LogP contribution in [0.15, 0.2) is 54.6 Å². The zero-order valence-corrected chi connectivity index (χ0v) is 28.6. The van der Waals surface area contributed by atoms with E-state index >= 15 is 0 Å². The highest BCUT2D eigenvalue weighted by Gasteiger charge is 2.40. The molecule has 0 spiro atoms. The van der Waals surface area contributed by atoms with Crippen LogP contribution in [-0.4, -0.2) is 87.3 Å². The van der Waals surface area contributed by atoms with Gasteiger partial charge in [0.05, 0.1) is 6.61 Å². The summed E-state index contributed by atoms with van der Waals surface area (Å²) in [5.41, 5.74) is 2.73. The molecular formula is C36H37F3N8O6. The van der Waals surface area contributed by atoms with E-state index in [2.05, 4.69) is 25.9 Å². The van der Waals surface area contributed by atoms with E-state index in [1.54, 1.807) is 24.3 Å². The van der Waals surface area contributed by atoms with Crippen LogP contribution in [0.5, 0.6) is 5.75 Å². The number of rotatable bonds is 12. The Balaban J connectivity index is 0.795. The molecule has 53 heavy (non-hydrogen) atoms. The Morgan fingerprint density at radius 1 is 0.943 bits per heavy atom. The molecule has 2 N–H and O–H groups in total. The molecule has 4 amide bonds. The van der Waals surface area contributed by atoms with Gasteiger partial charge in [-0.15, -0.1) is 15.3 Å². The van der Waals surface area contributed by atoms with Crippen molar-refractivity contribution in [3.8, 4) is 5.75 Å². The van der Waals surface area contributed by atoms with Gasteiger partial charge in [-0.1, -0.05) is 18.2 Å². The van der Waals surface area contributed by atoms with Gasteiger partial charge >= 0.3 is 6.18 Å². The number of carbonyl (C=O) groups excluding carboxylic acids is 4. The third-order valence-electron chi connectivity index (χ3n) is 9.71. The van der Waals surface area contributed by atoms with Crippen LogP contribution in [-0.2, 0) is 31.8 Å². The Hall–Kier alpha value is -5.58. The van der Waals surface area contributed by atoms with Crippen LogP contribution in [0.4, 0.5) is 24.7 Å². The number of nitrogens with one attached hydrogen (secondary N) is 2. The van der Waals surface area contributed by atoms with Gasteiger partial charge in [-0.2, -0.15) is 17.7 Å². The van der Waals surface area contributed by atoms with E-state index in [1.807, 2.05) is 29.2 Å². The van der Waals surface area contributed by atoms with E-state index < -0.39 is 23.9 Å². The van der Waals surface area contributed by atoms with Gasteiger partial charge in [0.15, 0.2) is 5.65 Å². The average molecular weight is 735 g/mol. The number of benzene rings is 2. The number of amides is 4. The van der Waals surface area contributed by atoms with Crippen LogP contribution in [0.2, 0.25) is 0 Å². The fourth-order valence-corrected chi connectivity index (χ4v) is 6.95. The topological polar surface area (TPSA) is 160 Å². The summed E-state index contributed by atoms with van der Waals surface area (Å²) in [6, 6.07) is 15.4. The number of hydrogen-bond acceptors (Lipinski definition) is 10. The molecule has 3 aliphatic heterocycles. The van der Waals surface area contributed by atoms with Crippen molar-refractivity contribution in [1.82, 2.24) is 30.0 Å². The molecule has 14 nitrogen and oxygen atoms in total. The first-order valence-corrected chi connectivity index (χ1v) is 17.5. The minimum atomic E-state index is -4.65. The van der Waals surface area contributed by atoms with Crippen molar-refractivity contribution in [2.45, 2.75) is 63.2 Å². The fraction of sp³-hybridized carbons (Fsp3) is 0.417. The number of piperidine rings is 2. The predicted molar refractivity (Wildman–Crippen MR) is 183 cm³/mol. The van der Waals surface area contributed by atoms with Gasteiger partial charge in [-0.25, -0.2) is 0 Å². The molecule has 2 fully saturated rings. The van der Waals surface area contributed by atoms with E-state index in [0.717, 1.165) is 23.1 Å². The maximum atomic E-state index is 13.3. The quantitative estimate of drug-likeness (QED) is 0.160. The summed E-state index contributed by atoms with van der Waals surface area (Å²) in [5, 5.41) is 16.1. The lowest BCUT2D eigenvalue weighted by atomic mass is 9.89. The number of aromatic nitrogens is 4. The lowest BCUT2D eigenvalue weighted by Gasteiger charge is -2.33. The number of ether oxygens (including phenoxy) is 2. The molecule has 0 saturated carbocycles. The smallest absolute Gasteiger partial charge is 0.453 e. The summed E-state index contributed by atoms with van der Waals surface area (Å²) in [6.45, 7) is 2.12. The van der Waals surface area contributed by atoms with Gasteiger partial charge in [0.1, 0.15) is 24.2 Å². The highest BCUT2D eigenvalue weighted by molar-refractivity contribution is 6.06. The summed E-state index contributed by atoms with van der Waals surface area (Å²) in [5.74, 6) is -1.17. The van der Waals surface area contributed by atoms with Crippen LogP contribution in [0.3, 0.4) is 0 Å². The Morgan fingerprint density at radius 2 is 1.72 bits per heavy atom. The second-order valence-corrected chi connectivity index (χ2v) is 13.2. The van der Waals surface area contributed by atoms with Crippen molar-refractivity contribution in [3.63, 3.8) is 0 Å². The first-order chi connectivity index (χ1) is 25.5. The number of imide groups is 1. The van der Waals surface area contributed by atoms with E-state index in [0.29, 0.717) is 67.7 Å². The molecule has 4 aromatic rings. The van der Waals surface area contributed by atoms with Crippen molar-refractivity contribution in [2.75, 3.05) is 43.1 Å². The van der Waals surface area contributed by atoms with Crippen LogP contribution in [0, 0.1) is 0 Å². The lowest BCUT2D eigenvalue weighted by Crippen LogP contribution is -2.52. The van der Waals surface area contributed by atoms with E-state index in [9.17, 15) is 32.3 Å². The summed E-state index contributed by atoms with van der Waals surface area (Å²) in [7, 11) is 0. The summed E-state index contributed by atoms with van der Waals surface area (Å²) >= 11 is 0. The SMILES string of the molecule is O=C1CCC(N2Cc3c(NC(=O)COCCCCOc4ccc(C5CCN(c6ccc7nnc(C(F)(F)F)n7n6)CC5)cc4)cccc3C2=O)C(=O)N1. The zero-order chi connectivity index (χ0) is 37.1. The number of halogens is 3. The number of alkyl halides is 3. The highest BCUT2D eigenvalue weighted by atomic mass is 19.4. The maximum Gasteiger partial charge on any atom is 0.453 e. The first kappa shape index (κ1) is 35.8. The standard InChI is InChI=1S/C36H37F3N8O6/c37-36(38,39)35-43-42-29-11-12-30(44-47(29)35)45-16-14-23(15-17-45)22-6-8-24(9-7-22)53-19-2-1-18-52-21-32(49)40-27-5-3-4-25-26(27)20-46(34(25)51)28-10-13-31(48)41-33(28)50/h3-9,11-12,23,28H,1-2,10,13-21H2,(H,40,49)(H,41,48,50). The third-order valence-corrected chi connectivity index (χ3v) is 9.71. The van der Waals surface area contributed by atoms with Crippen molar-refractivity contribution in [2.24, 2.45) is 0 Å². The van der Waals surface area contributed by atoms with Crippen LogP contribution in [0.25, 0.3) is 5.65 Å². The maximum absolute atomic E-state index is 13.3. The molecular weight excluding hydrogens is 697 g/mol. The first-order valence-electron chi connectivity index (χ1n) is 17.5. The Labute approximate surface area is 301 Å². The molecule has 1 unspecified atom stereocenters. The van der Waals surface area contributed by atoms with Gasteiger partial charge in [0, 0.05) is 49.5 Å². The van der Waals surface area contributed by atoms with Gasteiger partial charge < -0.3 is 24.6 Å². The van der Waals surface area contributed by atoms with Gasteiger partial charge in [-0.3, -0.25) is 24.5 Å². The van der Waals surface area contributed by atoms with E-state index in [-0.39, 0.29) is 49.4 Å². The second kappa shape index (κ2) is 15.2. The molecule has 0 radical (unpaired) electrons. The van der Waals surface area contributed by atoms with Gasteiger partial charge in [0.2, 0.25) is 17.7 Å². The number of hydrogen-bond donors (Lipinski definition) is 2. The average Bonchev–Trinajstić information content (AvgIpc) is 3.73. The molecule has 2 aromatic carbocycles. The minimum absolute atomic E-state index is 0.0452. The molecule has 17 heteroatoms. The number of nitrogens with zero attached hydrogens (tertiary/aromatic N) is 6. The van der Waals surface area contributed by atoms with E-state index in [4.69, 9.17) is 9.47 Å². The highest BCUT2D eigenvalue weighted by Crippen LogP contribution is 2.34. The molecule has 0 bridgehead atoms. The van der Waals surface area contributed by atoms with Gasteiger partial charge in [0.25, 0.3) is 11.7 Å². The fourth-order valence-electron chi connectivity index (χ4n) is 6.95. The summed E-state index contributed by atoms with van der Waals surface area (Å²) < 4.78 is 52.0. The normalized spacial score (nSPS) is 18.0. The number of carbonyl (C=O) groups is 4. The molecule has 0 aliphatic carbocycles. The summed E-state index contributed by atoms with van der Waals surface area (Å²) in [6.07, 6.45) is -1.19. The van der Waals surface area contributed by atoms with Crippen LogP contribution in [0.1, 0.15) is 71.8 Å². The predicted octanol–water partition coefficient (Wildman–Crippen LogP) is 4.10. The van der Waals surface area contributed by atoms with Crippen molar-refractivity contribution in [1.29, 1.82) is 0 Å². The van der Waals surface area contributed by atoms with Gasteiger partial charge in [-0.05, 0) is 80.0 Å². The number of anilines is 2. The molecule has 5 heterocycles. The monoisotopic (exact) mass is 734 g/mol. The van der Waals surface area contributed by atoms with Crippen molar-refractivity contribution < 1.29 is 41.8 Å². The Kier molecular flexibility index (Phi) is 10.3. The molecule has 3 aliphatic rings.